The Kier molecular flexibility index (Phi) is 5.93. The lowest BCUT2D eigenvalue weighted by atomic mass is 10.3. The number of thioether (sulfide) groups is 1. The molecule has 0 radical (unpaired) electrons. The van der Waals surface area contributed by atoms with Crippen molar-refractivity contribution in [3.05, 3.63) is 70.3 Å². The summed E-state index contributed by atoms with van der Waals surface area (Å²) in [5.74, 6) is -0.104. The molecule has 0 saturated heterocycles. The highest BCUT2D eigenvalue weighted by molar-refractivity contribution is 7.98. The van der Waals surface area contributed by atoms with Crippen molar-refractivity contribution in [2.75, 3.05) is 25.2 Å². The van der Waals surface area contributed by atoms with Crippen molar-refractivity contribution in [2.45, 2.75) is 18.4 Å². The van der Waals surface area contributed by atoms with Crippen LogP contribution in [0.2, 0.25) is 0 Å². The van der Waals surface area contributed by atoms with Crippen molar-refractivity contribution in [3.63, 3.8) is 0 Å². The molecule has 1 N–H and O–H groups in total. The average molecular weight is 382 g/mol. The van der Waals surface area contributed by atoms with Crippen molar-refractivity contribution in [1.82, 2.24) is 14.3 Å². The lowest BCUT2D eigenvalue weighted by Gasteiger charge is -2.17. The molecule has 2 aromatic heterocycles. The topological polar surface area (TPSA) is 66.7 Å². The predicted octanol–water partition coefficient (Wildman–Crippen LogP) is 2.80. The number of amides is 1. The third-order valence-corrected chi connectivity index (χ3v) is 4.96. The van der Waals surface area contributed by atoms with E-state index in [9.17, 15) is 9.59 Å². The number of aryl methyl sites for hydroxylation is 1. The van der Waals surface area contributed by atoms with Crippen molar-refractivity contribution in [2.24, 2.45) is 0 Å². The number of fused-ring (bicyclic) bond motifs is 1. The van der Waals surface area contributed by atoms with Crippen LogP contribution in [0.1, 0.15) is 11.4 Å². The van der Waals surface area contributed by atoms with Gasteiger partial charge >= 0.3 is 0 Å². The van der Waals surface area contributed by atoms with Crippen LogP contribution in [-0.4, -0.2) is 40.0 Å². The largest absolute Gasteiger partial charge is 0.324 e. The zero-order valence-corrected chi connectivity index (χ0v) is 16.4. The third kappa shape index (κ3) is 4.56. The van der Waals surface area contributed by atoms with Crippen LogP contribution in [0, 0.1) is 6.92 Å². The minimum Gasteiger partial charge on any atom is -0.324 e. The van der Waals surface area contributed by atoms with E-state index < -0.39 is 0 Å². The number of pyridine rings is 1. The standard InChI is InChI=1S/C20H22N4O2S/c1-14-7-6-10-18-21-15(11-20(26)24(14)18)12-23(2)13-19(25)22-16-8-4-5-9-17(16)27-3/h4-11H,12-13H2,1-3H3,(H,22,25). The number of anilines is 1. The van der Waals surface area contributed by atoms with Crippen molar-refractivity contribution >= 4 is 29.0 Å². The first-order valence-electron chi connectivity index (χ1n) is 8.57. The normalized spacial score (nSPS) is 11.1. The number of hydrogen-bond acceptors (Lipinski definition) is 5. The number of hydrogen-bond donors (Lipinski definition) is 1. The van der Waals surface area contributed by atoms with Gasteiger partial charge in [-0.1, -0.05) is 18.2 Å². The smallest absolute Gasteiger partial charge is 0.258 e. The van der Waals surface area contributed by atoms with E-state index in [-0.39, 0.29) is 18.0 Å². The fourth-order valence-electron chi connectivity index (χ4n) is 2.96. The fraction of sp³-hybridized carbons (Fsp3) is 0.250. The summed E-state index contributed by atoms with van der Waals surface area (Å²) >= 11 is 1.59. The third-order valence-electron chi connectivity index (χ3n) is 4.16. The van der Waals surface area contributed by atoms with Crippen molar-refractivity contribution in [1.29, 1.82) is 0 Å². The summed E-state index contributed by atoms with van der Waals surface area (Å²) in [7, 11) is 1.83. The maximum absolute atomic E-state index is 12.4. The van der Waals surface area contributed by atoms with E-state index in [1.807, 2.05) is 67.6 Å². The van der Waals surface area contributed by atoms with Gasteiger partial charge < -0.3 is 5.32 Å². The molecule has 27 heavy (non-hydrogen) atoms. The Morgan fingerprint density at radius 2 is 2.00 bits per heavy atom. The number of carbonyl (C=O) groups excluding carboxylic acids is 1. The summed E-state index contributed by atoms with van der Waals surface area (Å²) in [6.45, 7) is 2.49. The van der Waals surface area contributed by atoms with Gasteiger partial charge in [-0.05, 0) is 44.5 Å². The second-order valence-corrected chi connectivity index (χ2v) is 7.22. The predicted molar refractivity (Wildman–Crippen MR) is 109 cm³/mol. The second-order valence-electron chi connectivity index (χ2n) is 6.37. The Labute approximate surface area is 162 Å². The first kappa shape index (κ1) is 19.1. The quantitative estimate of drug-likeness (QED) is 0.664. The molecule has 3 rings (SSSR count). The second kappa shape index (κ2) is 8.37. The van der Waals surface area contributed by atoms with Crippen LogP contribution in [0.15, 0.2) is 58.2 Å². The number of carbonyl (C=O) groups is 1. The van der Waals surface area contributed by atoms with Crippen LogP contribution in [0.5, 0.6) is 0 Å². The zero-order chi connectivity index (χ0) is 19.4. The maximum atomic E-state index is 12.4. The SMILES string of the molecule is CSc1ccccc1NC(=O)CN(C)Cc1cc(=O)n2c(C)cccc2n1. The van der Waals surface area contributed by atoms with E-state index >= 15 is 0 Å². The minimum atomic E-state index is -0.111. The van der Waals surface area contributed by atoms with Crippen molar-refractivity contribution in [3.8, 4) is 0 Å². The van der Waals surface area contributed by atoms with Gasteiger partial charge in [0.25, 0.3) is 5.56 Å². The molecular weight excluding hydrogens is 360 g/mol. The zero-order valence-electron chi connectivity index (χ0n) is 15.6. The molecule has 1 aromatic carbocycles. The highest BCUT2D eigenvalue weighted by atomic mass is 32.2. The lowest BCUT2D eigenvalue weighted by molar-refractivity contribution is -0.117. The molecule has 0 aliphatic heterocycles. The Hall–Kier alpha value is -2.64. The molecule has 2 heterocycles. The molecule has 1 amide bonds. The van der Waals surface area contributed by atoms with Gasteiger partial charge in [0.1, 0.15) is 5.65 Å². The van der Waals surface area contributed by atoms with Crippen LogP contribution in [0.3, 0.4) is 0 Å². The summed E-state index contributed by atoms with van der Waals surface area (Å²) < 4.78 is 1.58. The van der Waals surface area contributed by atoms with Crippen molar-refractivity contribution < 1.29 is 4.79 Å². The molecule has 0 aliphatic carbocycles. The molecule has 0 spiro atoms. The Bertz CT molecular complexity index is 1030. The minimum absolute atomic E-state index is 0.104. The van der Waals surface area contributed by atoms with Gasteiger partial charge in [0.05, 0.1) is 17.9 Å². The number of nitrogens with zero attached hydrogens (tertiary/aromatic N) is 3. The van der Waals surface area contributed by atoms with Crippen LogP contribution >= 0.6 is 11.8 Å². The first-order chi connectivity index (χ1) is 13.0. The van der Waals surface area contributed by atoms with E-state index in [0.29, 0.717) is 17.9 Å². The maximum Gasteiger partial charge on any atom is 0.258 e. The molecule has 140 valence electrons. The van der Waals surface area contributed by atoms with Gasteiger partial charge in [0.15, 0.2) is 0 Å². The number of para-hydroxylation sites is 1. The van der Waals surface area contributed by atoms with Crippen LogP contribution in [0.25, 0.3) is 5.65 Å². The van der Waals surface area contributed by atoms with E-state index in [1.54, 1.807) is 16.2 Å². The molecule has 0 aliphatic rings. The molecule has 3 aromatic rings. The summed E-state index contributed by atoms with van der Waals surface area (Å²) in [6, 6.07) is 14.8. The van der Waals surface area contributed by atoms with E-state index in [4.69, 9.17) is 0 Å². The molecule has 0 bridgehead atoms. The fourth-order valence-corrected chi connectivity index (χ4v) is 3.51. The molecule has 0 saturated carbocycles. The molecule has 6 nitrogen and oxygen atoms in total. The molecule has 0 atom stereocenters. The molecule has 0 fully saturated rings. The Balaban J connectivity index is 1.69. The van der Waals surface area contributed by atoms with Crippen LogP contribution in [0.4, 0.5) is 5.69 Å². The van der Waals surface area contributed by atoms with Gasteiger partial charge in [-0.25, -0.2) is 4.98 Å². The number of rotatable bonds is 6. The summed E-state index contributed by atoms with van der Waals surface area (Å²) in [5, 5.41) is 2.94. The van der Waals surface area contributed by atoms with E-state index in [1.165, 1.54) is 6.07 Å². The lowest BCUT2D eigenvalue weighted by Crippen LogP contribution is -2.31. The first-order valence-corrected chi connectivity index (χ1v) is 9.80. The van der Waals surface area contributed by atoms with E-state index in [2.05, 4.69) is 10.3 Å². The van der Waals surface area contributed by atoms with Gasteiger partial charge in [-0.2, -0.15) is 0 Å². The molecule has 0 unspecified atom stereocenters. The van der Waals surface area contributed by atoms with Gasteiger partial charge in [0, 0.05) is 23.2 Å². The number of nitrogens with one attached hydrogen (secondary N) is 1. The van der Waals surface area contributed by atoms with E-state index in [0.717, 1.165) is 16.3 Å². The summed E-state index contributed by atoms with van der Waals surface area (Å²) in [6.07, 6.45) is 1.97. The van der Waals surface area contributed by atoms with Crippen LogP contribution < -0.4 is 10.9 Å². The van der Waals surface area contributed by atoms with Gasteiger partial charge in [0.2, 0.25) is 5.91 Å². The highest BCUT2D eigenvalue weighted by Gasteiger charge is 2.11. The highest BCUT2D eigenvalue weighted by Crippen LogP contribution is 2.24. The molecule has 7 heteroatoms. The number of likely N-dealkylation sites (N-methyl/N-ethyl adjacent to an activating group) is 1. The van der Waals surface area contributed by atoms with Gasteiger partial charge in [-0.3, -0.25) is 18.9 Å². The number of benzene rings is 1. The molecular formula is C20H22N4O2S. The number of aromatic nitrogens is 2. The summed E-state index contributed by atoms with van der Waals surface area (Å²) in [5.41, 5.74) is 2.80. The summed E-state index contributed by atoms with van der Waals surface area (Å²) in [4.78, 5) is 32.1. The van der Waals surface area contributed by atoms with Gasteiger partial charge in [-0.15, -0.1) is 11.8 Å². The Morgan fingerprint density at radius 3 is 2.78 bits per heavy atom. The monoisotopic (exact) mass is 382 g/mol. The van der Waals surface area contributed by atoms with Crippen LogP contribution in [-0.2, 0) is 11.3 Å². The average Bonchev–Trinajstić information content (AvgIpc) is 2.61. The Morgan fingerprint density at radius 1 is 1.22 bits per heavy atom.